The SMILES string of the molecule is CCOC(=O)c1c(-c2ccc(S(C)(=O)=O)cc2)c(C=O)n2ccccc12. The number of esters is 1. The predicted molar refractivity (Wildman–Crippen MR) is 97.3 cm³/mol. The van der Waals surface area contributed by atoms with Gasteiger partial charge in [-0.15, -0.1) is 0 Å². The lowest BCUT2D eigenvalue weighted by molar-refractivity contribution is 0.0529. The number of hydrogen-bond acceptors (Lipinski definition) is 5. The Morgan fingerprint density at radius 2 is 1.85 bits per heavy atom. The minimum absolute atomic E-state index is 0.162. The van der Waals surface area contributed by atoms with Crippen LogP contribution in [0.25, 0.3) is 16.6 Å². The maximum Gasteiger partial charge on any atom is 0.340 e. The van der Waals surface area contributed by atoms with Crippen LogP contribution >= 0.6 is 0 Å². The van der Waals surface area contributed by atoms with Gasteiger partial charge in [0.1, 0.15) is 0 Å². The maximum atomic E-state index is 12.6. The molecule has 1 aromatic carbocycles. The van der Waals surface area contributed by atoms with Crippen molar-refractivity contribution in [1.29, 1.82) is 0 Å². The van der Waals surface area contributed by atoms with E-state index in [0.29, 0.717) is 28.6 Å². The molecule has 0 aliphatic rings. The van der Waals surface area contributed by atoms with E-state index in [1.807, 2.05) is 0 Å². The van der Waals surface area contributed by atoms with Crippen molar-refractivity contribution in [3.8, 4) is 11.1 Å². The first-order chi connectivity index (χ1) is 12.4. The molecule has 3 aromatic rings. The van der Waals surface area contributed by atoms with E-state index >= 15 is 0 Å². The van der Waals surface area contributed by atoms with Gasteiger partial charge in [0.2, 0.25) is 0 Å². The van der Waals surface area contributed by atoms with Crippen molar-refractivity contribution in [2.24, 2.45) is 0 Å². The molecule has 0 aliphatic carbocycles. The summed E-state index contributed by atoms with van der Waals surface area (Å²) in [5.41, 5.74) is 2.11. The largest absolute Gasteiger partial charge is 0.462 e. The van der Waals surface area contributed by atoms with Gasteiger partial charge >= 0.3 is 5.97 Å². The summed E-state index contributed by atoms with van der Waals surface area (Å²) >= 11 is 0. The average molecular weight is 371 g/mol. The number of aldehydes is 1. The van der Waals surface area contributed by atoms with Gasteiger partial charge in [0.15, 0.2) is 16.1 Å². The topological polar surface area (TPSA) is 81.9 Å². The van der Waals surface area contributed by atoms with Crippen molar-refractivity contribution in [1.82, 2.24) is 4.40 Å². The van der Waals surface area contributed by atoms with Gasteiger partial charge in [-0.3, -0.25) is 4.79 Å². The fraction of sp³-hybridized carbons (Fsp3) is 0.158. The molecule has 0 fully saturated rings. The molecule has 2 heterocycles. The Morgan fingerprint density at radius 1 is 1.15 bits per heavy atom. The van der Waals surface area contributed by atoms with E-state index in [1.165, 1.54) is 12.1 Å². The van der Waals surface area contributed by atoms with E-state index in [0.717, 1.165) is 6.26 Å². The number of carbonyl (C=O) groups is 2. The third-order valence-corrected chi connectivity index (χ3v) is 5.17. The molecule has 0 N–H and O–H groups in total. The van der Waals surface area contributed by atoms with Crippen molar-refractivity contribution in [3.63, 3.8) is 0 Å². The van der Waals surface area contributed by atoms with Crippen LogP contribution in [0.5, 0.6) is 0 Å². The molecule has 0 atom stereocenters. The zero-order valence-corrected chi connectivity index (χ0v) is 15.1. The first kappa shape index (κ1) is 17.9. The minimum atomic E-state index is -3.34. The van der Waals surface area contributed by atoms with Crippen LogP contribution in [0.4, 0.5) is 0 Å². The monoisotopic (exact) mass is 371 g/mol. The van der Waals surface area contributed by atoms with Crippen molar-refractivity contribution in [2.75, 3.05) is 12.9 Å². The van der Waals surface area contributed by atoms with Gasteiger partial charge < -0.3 is 9.14 Å². The Bertz CT molecular complexity index is 1090. The highest BCUT2D eigenvalue weighted by Gasteiger charge is 2.25. The molecule has 6 nitrogen and oxygen atoms in total. The fourth-order valence-corrected chi connectivity index (χ4v) is 3.55. The molecular formula is C19H17NO5S. The van der Waals surface area contributed by atoms with Crippen LogP contribution in [0.1, 0.15) is 27.8 Å². The highest BCUT2D eigenvalue weighted by molar-refractivity contribution is 7.90. The van der Waals surface area contributed by atoms with Crippen LogP contribution in [0.15, 0.2) is 53.6 Å². The van der Waals surface area contributed by atoms with Crippen LogP contribution in [0, 0.1) is 0 Å². The lowest BCUT2D eigenvalue weighted by Gasteiger charge is -2.07. The van der Waals surface area contributed by atoms with Gasteiger partial charge in [-0.25, -0.2) is 13.2 Å². The molecule has 0 radical (unpaired) electrons. The number of fused-ring (bicyclic) bond motifs is 1. The second kappa shape index (κ2) is 6.76. The van der Waals surface area contributed by atoms with E-state index in [4.69, 9.17) is 4.74 Å². The predicted octanol–water partition coefficient (Wildman–Crippen LogP) is 3.00. The number of rotatable bonds is 5. The van der Waals surface area contributed by atoms with Crippen LogP contribution in [-0.2, 0) is 14.6 Å². The maximum absolute atomic E-state index is 12.6. The number of pyridine rings is 1. The lowest BCUT2D eigenvalue weighted by Crippen LogP contribution is -2.06. The molecule has 134 valence electrons. The molecule has 0 unspecified atom stereocenters. The minimum Gasteiger partial charge on any atom is -0.462 e. The van der Waals surface area contributed by atoms with Gasteiger partial charge in [0, 0.05) is 18.0 Å². The number of carbonyl (C=O) groups excluding carboxylic acids is 2. The van der Waals surface area contributed by atoms with E-state index in [9.17, 15) is 18.0 Å². The molecule has 0 saturated carbocycles. The molecule has 2 aromatic heterocycles. The van der Waals surface area contributed by atoms with Gasteiger partial charge in [0.05, 0.1) is 28.3 Å². The van der Waals surface area contributed by atoms with E-state index < -0.39 is 15.8 Å². The van der Waals surface area contributed by atoms with E-state index in [1.54, 1.807) is 47.9 Å². The second-order valence-electron chi connectivity index (χ2n) is 5.73. The van der Waals surface area contributed by atoms with Crippen molar-refractivity contribution < 1.29 is 22.7 Å². The molecule has 0 saturated heterocycles. The number of sulfone groups is 1. The zero-order chi connectivity index (χ0) is 18.9. The molecule has 0 spiro atoms. The highest BCUT2D eigenvalue weighted by Crippen LogP contribution is 2.33. The molecule has 3 rings (SSSR count). The second-order valence-corrected chi connectivity index (χ2v) is 7.74. The fourth-order valence-electron chi connectivity index (χ4n) is 2.92. The summed E-state index contributed by atoms with van der Waals surface area (Å²) in [6, 6.07) is 11.3. The number of ether oxygens (including phenoxy) is 1. The normalized spacial score (nSPS) is 11.5. The molecular weight excluding hydrogens is 354 g/mol. The van der Waals surface area contributed by atoms with E-state index in [-0.39, 0.29) is 17.1 Å². The lowest BCUT2D eigenvalue weighted by atomic mass is 10.0. The van der Waals surface area contributed by atoms with Gasteiger partial charge in [-0.2, -0.15) is 0 Å². The number of nitrogens with zero attached hydrogens (tertiary/aromatic N) is 1. The molecule has 26 heavy (non-hydrogen) atoms. The molecule has 0 aliphatic heterocycles. The van der Waals surface area contributed by atoms with Crippen LogP contribution in [0.2, 0.25) is 0 Å². The zero-order valence-electron chi connectivity index (χ0n) is 14.3. The smallest absolute Gasteiger partial charge is 0.340 e. The van der Waals surface area contributed by atoms with Gasteiger partial charge in [0.25, 0.3) is 0 Å². The summed E-state index contributed by atoms with van der Waals surface area (Å²) in [5.74, 6) is -0.536. The first-order valence-electron chi connectivity index (χ1n) is 7.94. The Kier molecular flexibility index (Phi) is 4.65. The standard InChI is InChI=1S/C19H17NO5S/c1-3-25-19(22)18-15-6-4-5-11-20(15)16(12-21)17(18)13-7-9-14(10-8-13)26(2,23)24/h4-12H,3H2,1-2H3. The third-order valence-electron chi connectivity index (χ3n) is 4.04. The Morgan fingerprint density at radius 3 is 2.42 bits per heavy atom. The van der Waals surface area contributed by atoms with Crippen molar-refractivity contribution in [3.05, 3.63) is 59.9 Å². The summed E-state index contributed by atoms with van der Waals surface area (Å²) in [4.78, 5) is 24.5. The molecule has 7 heteroatoms. The summed E-state index contributed by atoms with van der Waals surface area (Å²) in [5, 5.41) is 0. The molecule has 0 amide bonds. The summed E-state index contributed by atoms with van der Waals surface area (Å²) < 4.78 is 30.1. The number of hydrogen-bond donors (Lipinski definition) is 0. The van der Waals surface area contributed by atoms with E-state index in [2.05, 4.69) is 0 Å². The highest BCUT2D eigenvalue weighted by atomic mass is 32.2. The number of benzene rings is 1. The quantitative estimate of drug-likeness (QED) is 0.509. The Hall–Kier alpha value is -2.93. The molecule has 0 bridgehead atoms. The summed E-state index contributed by atoms with van der Waals surface area (Å²) in [6.07, 6.45) is 3.49. The first-order valence-corrected chi connectivity index (χ1v) is 9.83. The Labute approximate surface area is 150 Å². The average Bonchev–Trinajstić information content (AvgIpc) is 2.95. The van der Waals surface area contributed by atoms with Crippen molar-refractivity contribution >= 4 is 27.6 Å². The summed E-state index contributed by atoms with van der Waals surface area (Å²) in [6.45, 7) is 1.91. The van der Waals surface area contributed by atoms with Gasteiger partial charge in [-0.05, 0) is 36.8 Å². The Balaban J connectivity index is 2.32. The van der Waals surface area contributed by atoms with Crippen LogP contribution < -0.4 is 0 Å². The van der Waals surface area contributed by atoms with Gasteiger partial charge in [-0.1, -0.05) is 18.2 Å². The summed E-state index contributed by atoms with van der Waals surface area (Å²) in [7, 11) is -3.34. The van der Waals surface area contributed by atoms with Crippen LogP contribution in [-0.4, -0.2) is 37.9 Å². The van der Waals surface area contributed by atoms with Crippen LogP contribution in [0.3, 0.4) is 0 Å². The van der Waals surface area contributed by atoms with Crippen molar-refractivity contribution in [2.45, 2.75) is 11.8 Å². The number of aromatic nitrogens is 1. The third kappa shape index (κ3) is 3.01.